The van der Waals surface area contributed by atoms with Gasteiger partial charge in [-0.15, -0.1) is 0 Å². The number of hydrogen-bond donors (Lipinski definition) is 2. The maximum Gasteiger partial charge on any atom is 0.319 e. The minimum Gasteiger partial charge on any atom is -0.379 e. The van der Waals surface area contributed by atoms with E-state index < -0.39 is 0 Å². The quantitative estimate of drug-likeness (QED) is 0.762. The van der Waals surface area contributed by atoms with Gasteiger partial charge in [0, 0.05) is 24.8 Å². The number of nitrogens with one attached hydrogen (secondary N) is 2. The highest BCUT2D eigenvalue weighted by atomic mass is 35.5. The van der Waals surface area contributed by atoms with Gasteiger partial charge in [0.25, 0.3) is 0 Å². The van der Waals surface area contributed by atoms with E-state index in [-0.39, 0.29) is 18.1 Å². The number of anilines is 1. The molecule has 0 saturated carbocycles. The molecular weight excluding hydrogens is 385 g/mol. The van der Waals surface area contributed by atoms with E-state index in [1.54, 1.807) is 18.2 Å². The van der Waals surface area contributed by atoms with Gasteiger partial charge in [0.1, 0.15) is 0 Å². The first-order chi connectivity index (χ1) is 13.0. The highest BCUT2D eigenvalue weighted by Gasteiger charge is 2.28. The van der Waals surface area contributed by atoms with Crippen molar-refractivity contribution in [2.24, 2.45) is 0 Å². The molecule has 1 aliphatic heterocycles. The van der Waals surface area contributed by atoms with Crippen LogP contribution in [0.1, 0.15) is 18.5 Å². The SMILES string of the molecule is C[C@H](NC(=O)Nc1ccc(Cl)c(Cl)c1)[C@@H](c1ccccc1)N1CCOCC1. The summed E-state index contributed by atoms with van der Waals surface area (Å²) >= 11 is 11.9. The fraction of sp³-hybridized carbons (Fsp3) is 0.350. The lowest BCUT2D eigenvalue weighted by molar-refractivity contribution is 0.00974. The highest BCUT2D eigenvalue weighted by molar-refractivity contribution is 6.42. The molecule has 0 spiro atoms. The number of carbonyl (C=O) groups excluding carboxylic acids is 1. The molecule has 2 amide bonds. The molecule has 7 heteroatoms. The van der Waals surface area contributed by atoms with Crippen LogP contribution in [0.15, 0.2) is 48.5 Å². The normalized spacial score (nSPS) is 17.1. The maximum atomic E-state index is 12.5. The van der Waals surface area contributed by atoms with Gasteiger partial charge in [-0.05, 0) is 30.7 Å². The molecule has 144 valence electrons. The van der Waals surface area contributed by atoms with Crippen molar-refractivity contribution in [2.75, 3.05) is 31.6 Å². The van der Waals surface area contributed by atoms with Crippen LogP contribution >= 0.6 is 23.2 Å². The zero-order chi connectivity index (χ0) is 19.2. The molecule has 2 aromatic carbocycles. The van der Waals surface area contributed by atoms with Gasteiger partial charge in [-0.1, -0.05) is 53.5 Å². The third-order valence-electron chi connectivity index (χ3n) is 4.59. The van der Waals surface area contributed by atoms with Crippen molar-refractivity contribution in [3.05, 3.63) is 64.1 Å². The van der Waals surface area contributed by atoms with E-state index in [1.165, 1.54) is 5.56 Å². The summed E-state index contributed by atoms with van der Waals surface area (Å²) in [7, 11) is 0. The van der Waals surface area contributed by atoms with Gasteiger partial charge in [-0.2, -0.15) is 0 Å². The predicted octanol–water partition coefficient (Wildman–Crippen LogP) is 4.58. The topological polar surface area (TPSA) is 53.6 Å². The molecule has 0 aromatic heterocycles. The van der Waals surface area contributed by atoms with Gasteiger partial charge in [0.15, 0.2) is 0 Å². The Bertz CT molecular complexity index is 767. The van der Waals surface area contributed by atoms with Gasteiger partial charge in [0.2, 0.25) is 0 Å². The van der Waals surface area contributed by atoms with Crippen LogP contribution in [0.25, 0.3) is 0 Å². The Morgan fingerprint density at radius 2 is 1.78 bits per heavy atom. The molecule has 27 heavy (non-hydrogen) atoms. The minimum absolute atomic E-state index is 0.0645. The van der Waals surface area contributed by atoms with Crippen molar-refractivity contribution in [3.63, 3.8) is 0 Å². The second-order valence-corrected chi connectivity index (χ2v) is 7.33. The van der Waals surface area contributed by atoms with E-state index in [2.05, 4.69) is 27.7 Å². The van der Waals surface area contributed by atoms with E-state index >= 15 is 0 Å². The number of hydrogen-bond acceptors (Lipinski definition) is 3. The Morgan fingerprint density at radius 1 is 1.07 bits per heavy atom. The minimum atomic E-state index is -0.282. The third-order valence-corrected chi connectivity index (χ3v) is 5.33. The van der Waals surface area contributed by atoms with Crippen molar-refractivity contribution in [3.8, 4) is 0 Å². The largest absolute Gasteiger partial charge is 0.379 e. The zero-order valence-electron chi connectivity index (χ0n) is 15.1. The highest BCUT2D eigenvalue weighted by Crippen LogP contribution is 2.27. The van der Waals surface area contributed by atoms with Crippen LogP contribution in [-0.4, -0.2) is 43.3 Å². The molecule has 2 atom stereocenters. The molecule has 5 nitrogen and oxygen atoms in total. The number of morpholine rings is 1. The number of rotatable bonds is 5. The van der Waals surface area contributed by atoms with E-state index in [0.29, 0.717) is 28.9 Å². The van der Waals surface area contributed by atoms with Crippen molar-refractivity contribution in [1.82, 2.24) is 10.2 Å². The molecule has 1 heterocycles. The van der Waals surface area contributed by atoms with Crippen molar-refractivity contribution < 1.29 is 9.53 Å². The molecule has 3 rings (SSSR count). The third kappa shape index (κ3) is 5.36. The molecule has 0 unspecified atom stereocenters. The van der Waals surface area contributed by atoms with E-state index in [1.807, 2.05) is 25.1 Å². The molecule has 2 aromatic rings. The fourth-order valence-electron chi connectivity index (χ4n) is 3.35. The fourth-order valence-corrected chi connectivity index (χ4v) is 3.65. The first-order valence-electron chi connectivity index (χ1n) is 8.94. The summed E-state index contributed by atoms with van der Waals surface area (Å²) in [6, 6.07) is 14.9. The number of ether oxygens (including phenoxy) is 1. The standard InChI is InChI=1S/C20H23Cl2N3O2/c1-14(23-20(26)24-16-7-8-17(21)18(22)13-16)19(15-5-3-2-4-6-15)25-9-11-27-12-10-25/h2-8,13-14,19H,9-12H2,1H3,(H2,23,24,26)/t14-,19-/m0/s1. The lowest BCUT2D eigenvalue weighted by Gasteiger charge is -2.38. The summed E-state index contributed by atoms with van der Waals surface area (Å²) in [5.41, 5.74) is 1.76. The average Bonchev–Trinajstić information content (AvgIpc) is 2.66. The second kappa shape index (κ2) is 9.42. The van der Waals surface area contributed by atoms with Crippen LogP contribution in [0, 0.1) is 0 Å². The van der Waals surface area contributed by atoms with Crippen LogP contribution in [-0.2, 0) is 4.74 Å². The number of halogens is 2. The van der Waals surface area contributed by atoms with Crippen molar-refractivity contribution >= 4 is 34.9 Å². The summed E-state index contributed by atoms with van der Waals surface area (Å²) < 4.78 is 5.48. The van der Waals surface area contributed by atoms with E-state index in [0.717, 1.165) is 13.1 Å². The lowest BCUT2D eigenvalue weighted by atomic mass is 9.98. The average molecular weight is 408 g/mol. The summed E-state index contributed by atoms with van der Waals surface area (Å²) in [5.74, 6) is 0. The Kier molecular flexibility index (Phi) is 6.96. The second-order valence-electron chi connectivity index (χ2n) is 6.52. The maximum absolute atomic E-state index is 12.5. The van der Waals surface area contributed by atoms with Crippen LogP contribution in [0.4, 0.5) is 10.5 Å². The molecule has 1 saturated heterocycles. The first kappa shape index (κ1) is 20.0. The number of carbonyl (C=O) groups is 1. The van der Waals surface area contributed by atoms with E-state index in [4.69, 9.17) is 27.9 Å². The summed E-state index contributed by atoms with van der Waals surface area (Å²) in [6.45, 7) is 5.08. The van der Waals surface area contributed by atoms with E-state index in [9.17, 15) is 4.79 Å². The summed E-state index contributed by atoms with van der Waals surface area (Å²) in [5, 5.41) is 6.72. The Labute approximate surface area is 169 Å². The Hall–Kier alpha value is -1.79. The Morgan fingerprint density at radius 3 is 2.44 bits per heavy atom. The van der Waals surface area contributed by atoms with Gasteiger partial charge in [-0.3, -0.25) is 4.90 Å². The number of benzene rings is 2. The molecule has 0 radical (unpaired) electrons. The lowest BCUT2D eigenvalue weighted by Crippen LogP contribution is -2.49. The molecule has 2 N–H and O–H groups in total. The molecule has 1 fully saturated rings. The number of urea groups is 1. The molecule has 0 bridgehead atoms. The van der Waals surface area contributed by atoms with Gasteiger partial charge < -0.3 is 15.4 Å². The van der Waals surface area contributed by atoms with Crippen LogP contribution in [0.3, 0.4) is 0 Å². The van der Waals surface area contributed by atoms with Crippen LogP contribution in [0.5, 0.6) is 0 Å². The summed E-state index contributed by atoms with van der Waals surface area (Å²) in [4.78, 5) is 14.8. The van der Waals surface area contributed by atoms with Gasteiger partial charge in [-0.25, -0.2) is 4.79 Å². The Balaban J connectivity index is 1.70. The number of nitrogens with zero attached hydrogens (tertiary/aromatic N) is 1. The van der Waals surface area contributed by atoms with Gasteiger partial charge in [0.05, 0.1) is 29.3 Å². The molecule has 1 aliphatic rings. The van der Waals surface area contributed by atoms with Gasteiger partial charge >= 0.3 is 6.03 Å². The van der Waals surface area contributed by atoms with Crippen LogP contribution in [0.2, 0.25) is 10.0 Å². The zero-order valence-corrected chi connectivity index (χ0v) is 16.6. The monoisotopic (exact) mass is 407 g/mol. The number of amides is 2. The molecule has 0 aliphatic carbocycles. The first-order valence-corrected chi connectivity index (χ1v) is 9.69. The smallest absolute Gasteiger partial charge is 0.319 e. The van der Waals surface area contributed by atoms with Crippen LogP contribution < -0.4 is 10.6 Å². The van der Waals surface area contributed by atoms with Crippen molar-refractivity contribution in [1.29, 1.82) is 0 Å². The van der Waals surface area contributed by atoms with Crippen molar-refractivity contribution in [2.45, 2.75) is 19.0 Å². The predicted molar refractivity (Wildman–Crippen MR) is 110 cm³/mol. The summed E-state index contributed by atoms with van der Waals surface area (Å²) in [6.07, 6.45) is 0. The molecular formula is C20H23Cl2N3O2.